The van der Waals surface area contributed by atoms with E-state index in [1.54, 1.807) is 0 Å². The Morgan fingerprint density at radius 3 is 2.79 bits per heavy atom. The van der Waals surface area contributed by atoms with E-state index in [0.29, 0.717) is 11.8 Å². The first-order chi connectivity index (χ1) is 6.66. The Hall–Kier alpha value is -1.16. The van der Waals surface area contributed by atoms with Gasteiger partial charge in [-0.2, -0.15) is 4.98 Å². The van der Waals surface area contributed by atoms with Crippen molar-refractivity contribution in [2.45, 2.75) is 38.1 Å². The summed E-state index contributed by atoms with van der Waals surface area (Å²) in [6.07, 6.45) is 4.91. The summed E-state index contributed by atoms with van der Waals surface area (Å²) in [6.45, 7) is 4.09. The van der Waals surface area contributed by atoms with Crippen molar-refractivity contribution in [2.75, 3.05) is 0 Å². The molecule has 2 unspecified atom stereocenters. The third-order valence-electron chi connectivity index (χ3n) is 2.41. The van der Waals surface area contributed by atoms with E-state index in [1.807, 2.05) is 26.0 Å². The fraction of sp³-hybridized carbons (Fsp3) is 0.600. The number of aromatic nitrogens is 2. The lowest BCUT2D eigenvalue weighted by Crippen LogP contribution is -2.14. The molecule has 1 heterocycles. The Bertz CT molecular complexity index is 343. The van der Waals surface area contributed by atoms with Gasteiger partial charge < -0.3 is 10.3 Å². The van der Waals surface area contributed by atoms with E-state index < -0.39 is 0 Å². The fourth-order valence-electron chi connectivity index (χ4n) is 1.54. The Labute approximate surface area is 83.2 Å². The molecule has 2 N–H and O–H groups in total. The van der Waals surface area contributed by atoms with Crippen LogP contribution in [0.1, 0.15) is 43.8 Å². The summed E-state index contributed by atoms with van der Waals surface area (Å²) in [5.41, 5.74) is 5.75. The average Bonchev–Trinajstić information content (AvgIpc) is 2.70. The van der Waals surface area contributed by atoms with Gasteiger partial charge in [0.1, 0.15) is 0 Å². The molecule has 1 aromatic heterocycles. The van der Waals surface area contributed by atoms with E-state index in [-0.39, 0.29) is 12.0 Å². The second-order valence-electron chi connectivity index (χ2n) is 4.04. The van der Waals surface area contributed by atoms with Gasteiger partial charge in [-0.05, 0) is 6.42 Å². The molecule has 0 amide bonds. The Balaban J connectivity index is 2.14. The Morgan fingerprint density at radius 2 is 2.29 bits per heavy atom. The molecule has 2 atom stereocenters. The van der Waals surface area contributed by atoms with Gasteiger partial charge in [0, 0.05) is 12.0 Å². The monoisotopic (exact) mass is 193 g/mol. The maximum Gasteiger partial charge on any atom is 0.233 e. The van der Waals surface area contributed by atoms with Gasteiger partial charge in [-0.3, -0.25) is 0 Å². The van der Waals surface area contributed by atoms with Crippen LogP contribution in [0.5, 0.6) is 0 Å². The first-order valence-corrected chi connectivity index (χ1v) is 4.94. The average molecular weight is 193 g/mol. The molecule has 0 spiro atoms. The van der Waals surface area contributed by atoms with Crippen LogP contribution in [0.15, 0.2) is 16.7 Å². The number of allylic oxidation sites excluding steroid dienone is 1. The highest BCUT2D eigenvalue weighted by atomic mass is 16.5. The van der Waals surface area contributed by atoms with Crippen LogP contribution in [-0.2, 0) is 0 Å². The maximum absolute atomic E-state index is 5.75. The van der Waals surface area contributed by atoms with E-state index >= 15 is 0 Å². The minimum Gasteiger partial charge on any atom is -0.339 e. The number of nitrogens with zero attached hydrogens (tertiary/aromatic N) is 2. The number of hydrogen-bond donors (Lipinski definition) is 1. The van der Waals surface area contributed by atoms with Crippen molar-refractivity contribution < 1.29 is 4.52 Å². The van der Waals surface area contributed by atoms with Crippen molar-refractivity contribution in [3.63, 3.8) is 0 Å². The zero-order valence-electron chi connectivity index (χ0n) is 8.47. The van der Waals surface area contributed by atoms with Crippen LogP contribution in [0.2, 0.25) is 0 Å². The van der Waals surface area contributed by atoms with Gasteiger partial charge in [0.2, 0.25) is 5.89 Å². The molecule has 4 heteroatoms. The predicted molar refractivity (Wildman–Crippen MR) is 52.9 cm³/mol. The van der Waals surface area contributed by atoms with E-state index in [1.165, 1.54) is 0 Å². The van der Waals surface area contributed by atoms with Gasteiger partial charge >= 0.3 is 0 Å². The molecule has 0 saturated heterocycles. The minimum absolute atomic E-state index is 0.134. The number of hydrogen-bond acceptors (Lipinski definition) is 4. The van der Waals surface area contributed by atoms with Crippen LogP contribution in [0.3, 0.4) is 0 Å². The molecular weight excluding hydrogens is 178 g/mol. The first-order valence-electron chi connectivity index (χ1n) is 4.94. The normalized spacial score (nSPS) is 26.3. The van der Waals surface area contributed by atoms with Gasteiger partial charge in [-0.25, -0.2) is 0 Å². The quantitative estimate of drug-likeness (QED) is 0.724. The molecule has 0 bridgehead atoms. The highest BCUT2D eigenvalue weighted by molar-refractivity contribution is 5.15. The summed E-state index contributed by atoms with van der Waals surface area (Å²) in [5, 5.41) is 3.92. The first kappa shape index (κ1) is 9.40. The van der Waals surface area contributed by atoms with Crippen LogP contribution in [-0.4, -0.2) is 16.2 Å². The van der Waals surface area contributed by atoms with Gasteiger partial charge in [0.15, 0.2) is 5.82 Å². The highest BCUT2D eigenvalue weighted by Gasteiger charge is 2.23. The van der Waals surface area contributed by atoms with Crippen LogP contribution in [0, 0.1) is 0 Å². The number of nitrogens with two attached hydrogens (primary N) is 1. The zero-order chi connectivity index (χ0) is 10.1. The second kappa shape index (κ2) is 3.53. The largest absolute Gasteiger partial charge is 0.339 e. The Kier molecular flexibility index (Phi) is 2.37. The van der Waals surface area contributed by atoms with E-state index in [9.17, 15) is 0 Å². The van der Waals surface area contributed by atoms with Crippen molar-refractivity contribution in [1.82, 2.24) is 10.1 Å². The van der Waals surface area contributed by atoms with Crippen LogP contribution in [0.25, 0.3) is 0 Å². The summed E-state index contributed by atoms with van der Waals surface area (Å²) in [6, 6.07) is 0.134. The van der Waals surface area contributed by atoms with Gasteiger partial charge in [0.25, 0.3) is 0 Å². The third kappa shape index (κ3) is 1.70. The van der Waals surface area contributed by atoms with E-state index in [2.05, 4.69) is 10.1 Å². The molecular formula is C10H15N3O. The molecule has 1 aliphatic carbocycles. The molecule has 0 aromatic carbocycles. The van der Waals surface area contributed by atoms with Gasteiger partial charge in [0.05, 0.1) is 5.92 Å². The second-order valence-corrected chi connectivity index (χ2v) is 4.04. The molecule has 0 aliphatic heterocycles. The standard InChI is InChI=1S/C10H15N3O/c1-6(2)9-12-10(14-13-9)7-3-4-8(11)5-7/h3-4,6-8H,5,11H2,1-2H3. The molecule has 1 aliphatic rings. The summed E-state index contributed by atoms with van der Waals surface area (Å²) in [4.78, 5) is 4.34. The lowest BCUT2D eigenvalue weighted by atomic mass is 10.1. The minimum atomic E-state index is 0.134. The zero-order valence-corrected chi connectivity index (χ0v) is 8.47. The summed E-state index contributed by atoms with van der Waals surface area (Å²) in [7, 11) is 0. The topological polar surface area (TPSA) is 64.9 Å². The molecule has 14 heavy (non-hydrogen) atoms. The maximum atomic E-state index is 5.75. The van der Waals surface area contributed by atoms with Gasteiger partial charge in [-0.15, -0.1) is 0 Å². The molecule has 0 fully saturated rings. The lowest BCUT2D eigenvalue weighted by molar-refractivity contribution is 0.358. The lowest BCUT2D eigenvalue weighted by Gasteiger charge is -2.02. The predicted octanol–water partition coefficient (Wildman–Crippen LogP) is 1.56. The van der Waals surface area contributed by atoms with Crippen molar-refractivity contribution in [2.24, 2.45) is 5.73 Å². The Morgan fingerprint density at radius 1 is 1.50 bits per heavy atom. The summed E-state index contributed by atoms with van der Waals surface area (Å²) >= 11 is 0. The fourth-order valence-corrected chi connectivity index (χ4v) is 1.54. The van der Waals surface area contributed by atoms with E-state index in [0.717, 1.165) is 12.2 Å². The van der Waals surface area contributed by atoms with Crippen LogP contribution >= 0.6 is 0 Å². The van der Waals surface area contributed by atoms with Crippen molar-refractivity contribution in [1.29, 1.82) is 0 Å². The molecule has 4 nitrogen and oxygen atoms in total. The molecule has 2 rings (SSSR count). The highest BCUT2D eigenvalue weighted by Crippen LogP contribution is 2.27. The summed E-state index contributed by atoms with van der Waals surface area (Å²) in [5.74, 6) is 1.99. The smallest absolute Gasteiger partial charge is 0.233 e. The van der Waals surface area contributed by atoms with Crippen molar-refractivity contribution in [3.8, 4) is 0 Å². The molecule has 76 valence electrons. The SMILES string of the molecule is CC(C)c1noc(C2C=CC(N)C2)n1. The van der Waals surface area contributed by atoms with E-state index in [4.69, 9.17) is 10.3 Å². The molecule has 1 aromatic rings. The third-order valence-corrected chi connectivity index (χ3v) is 2.41. The number of rotatable bonds is 2. The molecule has 0 radical (unpaired) electrons. The van der Waals surface area contributed by atoms with Crippen LogP contribution in [0.4, 0.5) is 0 Å². The van der Waals surface area contributed by atoms with Gasteiger partial charge in [-0.1, -0.05) is 31.2 Å². The van der Waals surface area contributed by atoms with Crippen LogP contribution < -0.4 is 5.73 Å². The van der Waals surface area contributed by atoms with Crippen molar-refractivity contribution in [3.05, 3.63) is 23.9 Å². The molecule has 0 saturated carbocycles. The summed E-state index contributed by atoms with van der Waals surface area (Å²) < 4.78 is 5.19. The van der Waals surface area contributed by atoms with Crippen molar-refractivity contribution >= 4 is 0 Å².